The van der Waals surface area contributed by atoms with Gasteiger partial charge in [-0.2, -0.15) is 0 Å². The minimum absolute atomic E-state index is 0.278. The SMILES string of the molecule is O=C(O)CCCCc1ccc[nH]1. The Kier molecular flexibility index (Phi) is 3.38. The minimum Gasteiger partial charge on any atom is -0.481 e. The highest BCUT2D eigenvalue weighted by molar-refractivity contribution is 5.66. The molecule has 1 aromatic rings. The van der Waals surface area contributed by atoms with Gasteiger partial charge in [-0.15, -0.1) is 0 Å². The topological polar surface area (TPSA) is 53.1 Å². The fourth-order valence-corrected chi connectivity index (χ4v) is 1.11. The molecule has 0 aliphatic rings. The van der Waals surface area contributed by atoms with Crippen LogP contribution in [-0.4, -0.2) is 16.1 Å². The van der Waals surface area contributed by atoms with Gasteiger partial charge in [-0.3, -0.25) is 4.79 Å². The average molecular weight is 167 g/mol. The highest BCUT2D eigenvalue weighted by Gasteiger charge is 1.97. The summed E-state index contributed by atoms with van der Waals surface area (Å²) in [6, 6.07) is 3.97. The van der Waals surface area contributed by atoms with Crippen LogP contribution in [0.3, 0.4) is 0 Å². The van der Waals surface area contributed by atoms with Gasteiger partial charge < -0.3 is 10.1 Å². The van der Waals surface area contributed by atoms with Crippen LogP contribution in [0.5, 0.6) is 0 Å². The van der Waals surface area contributed by atoms with Gasteiger partial charge in [-0.1, -0.05) is 0 Å². The minimum atomic E-state index is -0.707. The number of hydrogen-bond donors (Lipinski definition) is 2. The Balaban J connectivity index is 2.07. The maximum Gasteiger partial charge on any atom is 0.303 e. The molecule has 0 radical (unpaired) electrons. The Labute approximate surface area is 71.4 Å². The van der Waals surface area contributed by atoms with Crippen LogP contribution in [0.4, 0.5) is 0 Å². The van der Waals surface area contributed by atoms with Crippen molar-refractivity contribution < 1.29 is 9.90 Å². The summed E-state index contributed by atoms with van der Waals surface area (Å²) < 4.78 is 0. The molecule has 12 heavy (non-hydrogen) atoms. The Morgan fingerprint density at radius 2 is 2.33 bits per heavy atom. The number of H-pyrrole nitrogens is 1. The first-order valence-electron chi connectivity index (χ1n) is 4.13. The van der Waals surface area contributed by atoms with Crippen LogP contribution in [0.15, 0.2) is 18.3 Å². The Hall–Kier alpha value is -1.25. The molecule has 0 aliphatic heterocycles. The number of aliphatic carboxylic acids is 1. The number of rotatable bonds is 5. The van der Waals surface area contributed by atoms with Crippen molar-refractivity contribution >= 4 is 5.97 Å². The van der Waals surface area contributed by atoms with E-state index in [9.17, 15) is 4.79 Å². The van der Waals surface area contributed by atoms with Gasteiger partial charge in [-0.05, 0) is 31.4 Å². The molecule has 0 aliphatic carbocycles. The predicted molar refractivity (Wildman–Crippen MR) is 46.0 cm³/mol. The van der Waals surface area contributed by atoms with E-state index in [1.165, 1.54) is 5.69 Å². The highest BCUT2D eigenvalue weighted by Crippen LogP contribution is 2.03. The van der Waals surface area contributed by atoms with Gasteiger partial charge in [0.1, 0.15) is 0 Å². The molecule has 1 aromatic heterocycles. The van der Waals surface area contributed by atoms with E-state index in [-0.39, 0.29) is 6.42 Å². The molecule has 66 valence electrons. The van der Waals surface area contributed by atoms with Crippen LogP contribution in [0.1, 0.15) is 25.0 Å². The summed E-state index contributed by atoms with van der Waals surface area (Å²) in [5, 5.41) is 8.36. The lowest BCUT2D eigenvalue weighted by Gasteiger charge is -1.95. The van der Waals surface area contributed by atoms with Crippen LogP contribution in [-0.2, 0) is 11.2 Å². The number of unbranched alkanes of at least 4 members (excludes halogenated alkanes) is 1. The fourth-order valence-electron chi connectivity index (χ4n) is 1.11. The summed E-state index contributed by atoms with van der Waals surface area (Å²) in [7, 11) is 0. The number of aromatic amines is 1. The van der Waals surface area contributed by atoms with Crippen molar-refractivity contribution in [2.24, 2.45) is 0 Å². The first-order valence-corrected chi connectivity index (χ1v) is 4.13. The molecule has 0 bridgehead atoms. The molecule has 0 fully saturated rings. The smallest absolute Gasteiger partial charge is 0.303 e. The lowest BCUT2D eigenvalue weighted by molar-refractivity contribution is -0.137. The summed E-state index contributed by atoms with van der Waals surface area (Å²) in [5.74, 6) is -0.707. The Morgan fingerprint density at radius 3 is 2.92 bits per heavy atom. The van der Waals surface area contributed by atoms with Crippen molar-refractivity contribution in [1.82, 2.24) is 4.98 Å². The molecular weight excluding hydrogens is 154 g/mol. The molecule has 0 saturated heterocycles. The van der Waals surface area contributed by atoms with Gasteiger partial charge in [0.15, 0.2) is 0 Å². The normalized spacial score (nSPS) is 10.0. The van der Waals surface area contributed by atoms with E-state index in [0.717, 1.165) is 19.3 Å². The molecule has 1 rings (SSSR count). The van der Waals surface area contributed by atoms with Crippen molar-refractivity contribution in [2.75, 3.05) is 0 Å². The van der Waals surface area contributed by atoms with Gasteiger partial charge in [-0.25, -0.2) is 0 Å². The van der Waals surface area contributed by atoms with Gasteiger partial charge in [0.25, 0.3) is 0 Å². The monoisotopic (exact) mass is 167 g/mol. The zero-order valence-electron chi connectivity index (χ0n) is 6.92. The number of carboxylic acids is 1. The summed E-state index contributed by atoms with van der Waals surface area (Å²) in [5.41, 5.74) is 1.18. The second-order valence-corrected chi connectivity index (χ2v) is 2.80. The Bertz CT molecular complexity index is 229. The maximum absolute atomic E-state index is 10.2. The summed E-state index contributed by atoms with van der Waals surface area (Å²) in [4.78, 5) is 13.2. The fraction of sp³-hybridized carbons (Fsp3) is 0.444. The first-order chi connectivity index (χ1) is 5.79. The van der Waals surface area contributed by atoms with Crippen molar-refractivity contribution in [3.63, 3.8) is 0 Å². The molecule has 3 nitrogen and oxygen atoms in total. The van der Waals surface area contributed by atoms with Crippen LogP contribution >= 0.6 is 0 Å². The van der Waals surface area contributed by atoms with Crippen LogP contribution in [0.25, 0.3) is 0 Å². The van der Waals surface area contributed by atoms with E-state index in [2.05, 4.69) is 4.98 Å². The third-order valence-electron chi connectivity index (χ3n) is 1.75. The number of carboxylic acid groups (broad SMARTS) is 1. The number of hydrogen-bond acceptors (Lipinski definition) is 1. The lowest BCUT2D eigenvalue weighted by Crippen LogP contribution is -1.94. The molecule has 1 heterocycles. The van der Waals surface area contributed by atoms with Crippen molar-refractivity contribution in [2.45, 2.75) is 25.7 Å². The van der Waals surface area contributed by atoms with Gasteiger partial charge >= 0.3 is 5.97 Å². The predicted octanol–water partition coefficient (Wildman–Crippen LogP) is 1.81. The second kappa shape index (κ2) is 4.59. The van der Waals surface area contributed by atoms with Crippen molar-refractivity contribution in [3.05, 3.63) is 24.0 Å². The van der Waals surface area contributed by atoms with E-state index in [0.29, 0.717) is 0 Å². The quantitative estimate of drug-likeness (QED) is 0.657. The third kappa shape index (κ3) is 3.23. The van der Waals surface area contributed by atoms with Gasteiger partial charge in [0.2, 0.25) is 0 Å². The van der Waals surface area contributed by atoms with E-state index in [1.54, 1.807) is 0 Å². The zero-order valence-corrected chi connectivity index (χ0v) is 6.92. The van der Waals surface area contributed by atoms with E-state index in [1.807, 2.05) is 18.3 Å². The standard InChI is InChI=1S/C9H13NO2/c11-9(12)6-2-1-4-8-5-3-7-10-8/h3,5,7,10H,1-2,4,6H2,(H,11,12). The second-order valence-electron chi connectivity index (χ2n) is 2.80. The van der Waals surface area contributed by atoms with E-state index >= 15 is 0 Å². The van der Waals surface area contributed by atoms with E-state index in [4.69, 9.17) is 5.11 Å². The van der Waals surface area contributed by atoms with Crippen LogP contribution < -0.4 is 0 Å². The van der Waals surface area contributed by atoms with Crippen molar-refractivity contribution in [1.29, 1.82) is 0 Å². The molecule has 0 atom stereocenters. The lowest BCUT2D eigenvalue weighted by atomic mass is 10.1. The zero-order chi connectivity index (χ0) is 8.81. The molecule has 0 saturated carbocycles. The Morgan fingerprint density at radius 1 is 1.50 bits per heavy atom. The molecule has 0 amide bonds. The maximum atomic E-state index is 10.2. The van der Waals surface area contributed by atoms with Crippen LogP contribution in [0, 0.1) is 0 Å². The summed E-state index contributed by atoms with van der Waals surface area (Å²) in [6.45, 7) is 0. The van der Waals surface area contributed by atoms with E-state index < -0.39 is 5.97 Å². The highest BCUT2D eigenvalue weighted by atomic mass is 16.4. The third-order valence-corrected chi connectivity index (χ3v) is 1.75. The van der Waals surface area contributed by atoms with Crippen LogP contribution in [0.2, 0.25) is 0 Å². The molecule has 2 N–H and O–H groups in total. The molecule has 0 aromatic carbocycles. The van der Waals surface area contributed by atoms with Gasteiger partial charge in [0, 0.05) is 18.3 Å². The summed E-state index contributed by atoms with van der Waals surface area (Å²) in [6.07, 6.45) is 4.80. The number of carbonyl (C=O) groups is 1. The molecular formula is C9H13NO2. The first kappa shape index (κ1) is 8.84. The van der Waals surface area contributed by atoms with Gasteiger partial charge in [0.05, 0.1) is 0 Å². The number of aryl methyl sites for hydroxylation is 1. The molecule has 0 spiro atoms. The van der Waals surface area contributed by atoms with Crippen molar-refractivity contribution in [3.8, 4) is 0 Å². The number of nitrogens with one attached hydrogen (secondary N) is 1. The molecule has 0 unspecified atom stereocenters. The average Bonchev–Trinajstić information content (AvgIpc) is 2.49. The molecule has 3 heteroatoms. The summed E-state index contributed by atoms with van der Waals surface area (Å²) >= 11 is 0. The largest absolute Gasteiger partial charge is 0.481 e. The number of aromatic nitrogens is 1.